The van der Waals surface area contributed by atoms with E-state index in [4.69, 9.17) is 15.1 Å². The largest absolute Gasteiger partial charge is 0.631 e. The third kappa shape index (κ3) is 15700. The smallest absolute Gasteiger partial charge is 0.402 e. The van der Waals surface area contributed by atoms with Crippen molar-refractivity contribution < 1.29 is 20.2 Å². The quantitative estimate of drug-likeness (QED) is 0.351. The van der Waals surface area contributed by atoms with E-state index in [1.54, 1.807) is 13.8 Å². The Balaban J connectivity index is 0. The Morgan fingerprint density at radius 1 is 1.25 bits per heavy atom. The first-order valence-corrected chi connectivity index (χ1v) is 2.16. The zero-order chi connectivity index (χ0) is 7.15. The summed E-state index contributed by atoms with van der Waals surface area (Å²) in [7, 11) is -2.17. The molecule has 4 nitrogen and oxygen atoms in total. The summed E-state index contributed by atoms with van der Waals surface area (Å²) in [5.41, 5.74) is 0. The van der Waals surface area contributed by atoms with Crippen molar-refractivity contribution in [2.45, 2.75) is 20.0 Å². The van der Waals surface area contributed by atoms with Crippen molar-refractivity contribution in [3.63, 3.8) is 0 Å². The maximum Gasteiger partial charge on any atom is 0.631 e. The van der Waals surface area contributed by atoms with Crippen LogP contribution in [0.5, 0.6) is 0 Å². The molecule has 3 N–H and O–H groups in total. The van der Waals surface area contributed by atoms with E-state index in [1.165, 1.54) is 0 Å². The van der Waals surface area contributed by atoms with Crippen LogP contribution < -0.4 is 0 Å². The van der Waals surface area contributed by atoms with E-state index in [0.29, 0.717) is 0 Å². The molecule has 0 aromatic heterocycles. The first kappa shape index (κ1) is 10.8. The zero-order valence-corrected chi connectivity index (χ0v) is 4.90. The van der Waals surface area contributed by atoms with Gasteiger partial charge in [0.2, 0.25) is 0 Å². The normalized spacial score (nSPS) is 7.88. The SMILES string of the molecule is CC(C)[O].OB(O)O. The van der Waals surface area contributed by atoms with Crippen molar-refractivity contribution in [3.05, 3.63) is 0 Å². The van der Waals surface area contributed by atoms with Crippen LogP contribution in [0.3, 0.4) is 0 Å². The Kier molecular flexibility index (Phi) is 9.33. The van der Waals surface area contributed by atoms with E-state index < -0.39 is 13.4 Å². The highest BCUT2D eigenvalue weighted by atomic mass is 16.5. The molecule has 8 heavy (non-hydrogen) atoms. The molecule has 0 rings (SSSR count). The van der Waals surface area contributed by atoms with Gasteiger partial charge in [-0.25, -0.2) is 5.11 Å². The van der Waals surface area contributed by atoms with Gasteiger partial charge in [0.25, 0.3) is 0 Å². The topological polar surface area (TPSA) is 80.6 Å². The maximum absolute atomic E-state index is 9.53. The molecule has 0 aromatic carbocycles. The van der Waals surface area contributed by atoms with E-state index in [2.05, 4.69) is 0 Å². The van der Waals surface area contributed by atoms with Gasteiger partial charge in [0.1, 0.15) is 0 Å². The minimum absolute atomic E-state index is 0.417. The third-order valence-electron chi connectivity index (χ3n) is 0. The van der Waals surface area contributed by atoms with E-state index in [9.17, 15) is 5.11 Å². The van der Waals surface area contributed by atoms with Crippen LogP contribution in [0.4, 0.5) is 0 Å². The lowest BCUT2D eigenvalue weighted by atomic mass is 10.3. The van der Waals surface area contributed by atoms with Crippen molar-refractivity contribution in [1.29, 1.82) is 0 Å². The number of rotatable bonds is 0. The zero-order valence-electron chi connectivity index (χ0n) is 4.90. The average Bonchev–Trinajstić information content (AvgIpc) is 1.25. The Hall–Kier alpha value is -0.0951. The lowest BCUT2D eigenvalue weighted by molar-refractivity contribution is 0.122. The second kappa shape index (κ2) is 6.90. The highest BCUT2D eigenvalue weighted by molar-refractivity contribution is 6.30. The molecule has 0 amide bonds. The molecular weight excluding hydrogens is 111 g/mol. The molecule has 0 saturated carbocycles. The first-order valence-electron chi connectivity index (χ1n) is 2.16. The lowest BCUT2D eigenvalue weighted by Gasteiger charge is -1.74. The Bertz CT molecular complexity index is 26.8. The molecule has 0 aromatic rings. The molecule has 0 heterocycles. The van der Waals surface area contributed by atoms with Crippen LogP contribution in [0, 0.1) is 0 Å². The summed E-state index contributed by atoms with van der Waals surface area (Å²) >= 11 is 0. The van der Waals surface area contributed by atoms with Crippen molar-refractivity contribution >= 4 is 7.32 Å². The van der Waals surface area contributed by atoms with Crippen LogP contribution in [0.2, 0.25) is 0 Å². The summed E-state index contributed by atoms with van der Waals surface area (Å²) in [6, 6.07) is 0. The Labute approximate surface area is 48.6 Å². The van der Waals surface area contributed by atoms with Crippen molar-refractivity contribution in [3.8, 4) is 0 Å². The molecule has 0 bridgehead atoms. The molecule has 0 unspecified atom stereocenters. The second-order valence-corrected chi connectivity index (χ2v) is 1.40. The Morgan fingerprint density at radius 2 is 1.25 bits per heavy atom. The van der Waals surface area contributed by atoms with Crippen LogP contribution in [0.25, 0.3) is 0 Å². The summed E-state index contributed by atoms with van der Waals surface area (Å²) < 4.78 is 0. The second-order valence-electron chi connectivity index (χ2n) is 1.40. The summed E-state index contributed by atoms with van der Waals surface area (Å²) in [5, 5.41) is 31.0. The van der Waals surface area contributed by atoms with Gasteiger partial charge in [-0.2, -0.15) is 0 Å². The molecule has 49 valence electrons. The van der Waals surface area contributed by atoms with Gasteiger partial charge >= 0.3 is 7.32 Å². The fourth-order valence-corrected chi connectivity index (χ4v) is 0. The molecule has 5 heteroatoms. The lowest BCUT2D eigenvalue weighted by Crippen LogP contribution is -2.07. The van der Waals surface area contributed by atoms with Crippen molar-refractivity contribution in [1.82, 2.24) is 0 Å². The molecule has 0 fully saturated rings. The fraction of sp³-hybridized carbons (Fsp3) is 1.00. The van der Waals surface area contributed by atoms with Gasteiger partial charge in [0.05, 0.1) is 6.10 Å². The number of hydrogen-bond acceptors (Lipinski definition) is 3. The van der Waals surface area contributed by atoms with Gasteiger partial charge in [-0.15, -0.1) is 0 Å². The van der Waals surface area contributed by atoms with E-state index in [0.717, 1.165) is 0 Å². The van der Waals surface area contributed by atoms with Crippen LogP contribution in [-0.4, -0.2) is 28.5 Å². The first-order chi connectivity index (χ1) is 3.46. The Morgan fingerprint density at radius 3 is 1.25 bits per heavy atom. The minimum Gasteiger partial charge on any atom is -0.402 e. The maximum atomic E-state index is 9.53. The molecule has 1 radical (unpaired) electrons. The van der Waals surface area contributed by atoms with Crippen LogP contribution in [0.15, 0.2) is 0 Å². The van der Waals surface area contributed by atoms with E-state index >= 15 is 0 Å². The van der Waals surface area contributed by atoms with Gasteiger partial charge in [-0.1, -0.05) is 0 Å². The van der Waals surface area contributed by atoms with Crippen molar-refractivity contribution in [2.75, 3.05) is 0 Å². The van der Waals surface area contributed by atoms with E-state index in [-0.39, 0.29) is 0 Å². The van der Waals surface area contributed by atoms with Gasteiger partial charge in [0.15, 0.2) is 0 Å². The van der Waals surface area contributed by atoms with Gasteiger partial charge < -0.3 is 15.1 Å². The highest BCUT2D eigenvalue weighted by Crippen LogP contribution is 1.67. The van der Waals surface area contributed by atoms with Crippen LogP contribution in [0.1, 0.15) is 13.8 Å². The summed E-state index contributed by atoms with van der Waals surface area (Å²) in [6.45, 7) is 3.22. The molecule has 0 atom stereocenters. The van der Waals surface area contributed by atoms with Gasteiger partial charge in [-0.05, 0) is 13.8 Å². The monoisotopic (exact) mass is 121 g/mol. The van der Waals surface area contributed by atoms with Crippen LogP contribution in [-0.2, 0) is 5.11 Å². The van der Waals surface area contributed by atoms with Gasteiger partial charge in [0, 0.05) is 0 Å². The minimum atomic E-state index is -2.17. The predicted molar refractivity (Wildman–Crippen MR) is 28.2 cm³/mol. The molecule has 0 saturated heterocycles. The molecular formula is C3H10BO4. The van der Waals surface area contributed by atoms with Crippen LogP contribution >= 0.6 is 0 Å². The van der Waals surface area contributed by atoms with Crippen molar-refractivity contribution in [2.24, 2.45) is 0 Å². The molecule has 0 aliphatic heterocycles. The molecule has 0 spiro atoms. The third-order valence-corrected chi connectivity index (χ3v) is 0. The molecule has 0 aliphatic carbocycles. The standard InChI is InChI=1S/C3H7O.BH3O3/c1-3(2)4;2-1(3)4/h3H,1-2H3;2-4H. The molecule has 0 aliphatic rings. The summed E-state index contributed by atoms with van der Waals surface area (Å²) in [6.07, 6.45) is -0.417. The predicted octanol–water partition coefficient (Wildman–Crippen LogP) is -1.23. The summed E-state index contributed by atoms with van der Waals surface area (Å²) in [5.74, 6) is 0. The summed E-state index contributed by atoms with van der Waals surface area (Å²) in [4.78, 5) is 0. The average molecular weight is 121 g/mol. The fourth-order valence-electron chi connectivity index (χ4n) is 0. The van der Waals surface area contributed by atoms with Gasteiger partial charge in [-0.3, -0.25) is 0 Å². The highest BCUT2D eigenvalue weighted by Gasteiger charge is 1.92. The van der Waals surface area contributed by atoms with E-state index in [1.807, 2.05) is 0 Å². The number of hydrogen-bond donors (Lipinski definition) is 3.